The molecule has 1 heteroatoms. The van der Waals surface area contributed by atoms with Crippen LogP contribution in [0.3, 0.4) is 0 Å². The number of allylic oxidation sites excluding steroid dienone is 3. The summed E-state index contributed by atoms with van der Waals surface area (Å²) in [5.41, 5.74) is 4.43. The maximum absolute atomic E-state index is 12.7. The Balaban J connectivity index is 2.14. The minimum absolute atomic E-state index is 0.242. The van der Waals surface area contributed by atoms with E-state index in [1.807, 2.05) is 19.9 Å². The van der Waals surface area contributed by atoms with Gasteiger partial charge in [0.15, 0.2) is 5.78 Å². The van der Waals surface area contributed by atoms with Crippen molar-refractivity contribution in [3.05, 3.63) is 52.6 Å². The number of carbonyl (C=O) groups excluding carboxylic acids is 1. The molecule has 0 saturated heterocycles. The Kier molecular flexibility index (Phi) is 5.55. The quantitative estimate of drug-likeness (QED) is 0.527. The van der Waals surface area contributed by atoms with E-state index in [1.54, 1.807) is 0 Å². The lowest BCUT2D eigenvalue weighted by atomic mass is 9.82. The molecule has 1 nitrogen and oxygen atoms in total. The minimum Gasteiger partial charge on any atom is -0.294 e. The summed E-state index contributed by atoms with van der Waals surface area (Å²) in [6.07, 6.45) is 9.89. The fraction of sp³-hybridized carbons (Fsp3) is 0.450. The molecule has 1 fully saturated rings. The fourth-order valence-electron chi connectivity index (χ4n) is 2.94. The van der Waals surface area contributed by atoms with Crippen molar-refractivity contribution in [3.8, 4) is 0 Å². The van der Waals surface area contributed by atoms with Gasteiger partial charge in [0.1, 0.15) is 0 Å². The van der Waals surface area contributed by atoms with Crippen LogP contribution in [0.2, 0.25) is 0 Å². The van der Waals surface area contributed by atoms with Crippen molar-refractivity contribution in [1.29, 1.82) is 0 Å². The average molecular weight is 282 g/mol. The molecule has 1 saturated carbocycles. The molecule has 1 aromatic rings. The zero-order chi connectivity index (χ0) is 15.2. The smallest absolute Gasteiger partial charge is 0.165 e. The van der Waals surface area contributed by atoms with Gasteiger partial charge in [-0.3, -0.25) is 4.79 Å². The molecule has 0 N–H and O–H groups in total. The van der Waals surface area contributed by atoms with E-state index in [2.05, 4.69) is 37.3 Å². The van der Waals surface area contributed by atoms with E-state index in [0.717, 1.165) is 29.6 Å². The predicted molar refractivity (Wildman–Crippen MR) is 90.2 cm³/mol. The van der Waals surface area contributed by atoms with Gasteiger partial charge in [0.25, 0.3) is 0 Å². The molecule has 0 atom stereocenters. The molecule has 0 amide bonds. The highest BCUT2D eigenvalue weighted by Crippen LogP contribution is 2.28. The monoisotopic (exact) mass is 282 g/mol. The van der Waals surface area contributed by atoms with E-state index >= 15 is 0 Å². The van der Waals surface area contributed by atoms with Crippen LogP contribution in [0.15, 0.2) is 41.5 Å². The number of Topliss-reactive ketones (excluding diaryl/α,β-unsaturated/α-hetero) is 1. The van der Waals surface area contributed by atoms with Crippen LogP contribution in [0.25, 0.3) is 6.08 Å². The number of aryl methyl sites for hydroxylation is 1. The van der Waals surface area contributed by atoms with Crippen molar-refractivity contribution < 1.29 is 4.79 Å². The fourth-order valence-corrected chi connectivity index (χ4v) is 2.94. The second-order valence-corrected chi connectivity index (χ2v) is 6.36. The number of carbonyl (C=O) groups is 1. The molecule has 0 unspecified atom stereocenters. The lowest BCUT2D eigenvalue weighted by Gasteiger charge is -2.21. The molecule has 0 radical (unpaired) electrons. The summed E-state index contributed by atoms with van der Waals surface area (Å²) in [5, 5.41) is 0. The number of benzene rings is 1. The van der Waals surface area contributed by atoms with Gasteiger partial charge in [0.2, 0.25) is 0 Å². The zero-order valence-corrected chi connectivity index (χ0v) is 13.5. The van der Waals surface area contributed by atoms with Gasteiger partial charge < -0.3 is 0 Å². The van der Waals surface area contributed by atoms with Crippen LogP contribution < -0.4 is 0 Å². The first-order chi connectivity index (χ1) is 10.1. The first-order valence-corrected chi connectivity index (χ1v) is 8.04. The van der Waals surface area contributed by atoms with Crippen LogP contribution in [0.4, 0.5) is 0 Å². The first kappa shape index (κ1) is 15.8. The van der Waals surface area contributed by atoms with Gasteiger partial charge in [-0.25, -0.2) is 0 Å². The Morgan fingerprint density at radius 3 is 2.24 bits per heavy atom. The zero-order valence-electron chi connectivity index (χ0n) is 13.5. The Morgan fingerprint density at radius 2 is 1.67 bits per heavy atom. The van der Waals surface area contributed by atoms with Crippen molar-refractivity contribution in [2.45, 2.75) is 52.9 Å². The maximum Gasteiger partial charge on any atom is 0.165 e. The van der Waals surface area contributed by atoms with Crippen molar-refractivity contribution >= 4 is 11.9 Å². The summed E-state index contributed by atoms with van der Waals surface area (Å²) in [6, 6.07) is 8.40. The Hall–Kier alpha value is -1.63. The van der Waals surface area contributed by atoms with Crippen LogP contribution in [-0.4, -0.2) is 5.78 Å². The second kappa shape index (κ2) is 7.40. The molecule has 0 aliphatic heterocycles. The summed E-state index contributed by atoms with van der Waals surface area (Å²) in [5.74, 6) is 0.587. The van der Waals surface area contributed by atoms with Crippen LogP contribution >= 0.6 is 0 Å². The van der Waals surface area contributed by atoms with Gasteiger partial charge in [-0.05, 0) is 39.2 Å². The highest BCUT2D eigenvalue weighted by Gasteiger charge is 2.23. The largest absolute Gasteiger partial charge is 0.294 e. The van der Waals surface area contributed by atoms with E-state index in [1.165, 1.54) is 24.8 Å². The molecular formula is C20H26O. The van der Waals surface area contributed by atoms with Gasteiger partial charge in [0.05, 0.1) is 0 Å². The molecule has 0 aromatic heterocycles. The normalized spacial score (nSPS) is 16.1. The van der Waals surface area contributed by atoms with Crippen LogP contribution in [0, 0.1) is 12.8 Å². The SMILES string of the molecule is CC(C)=C(/C=C/c1ccc(C)cc1)C(=O)C1CCCCC1. The summed E-state index contributed by atoms with van der Waals surface area (Å²) in [7, 11) is 0. The topological polar surface area (TPSA) is 17.1 Å². The van der Waals surface area contributed by atoms with Gasteiger partial charge in [-0.2, -0.15) is 0 Å². The van der Waals surface area contributed by atoms with Gasteiger partial charge in [0, 0.05) is 11.5 Å². The molecule has 1 aliphatic rings. The first-order valence-electron chi connectivity index (χ1n) is 8.04. The van der Waals surface area contributed by atoms with Gasteiger partial charge >= 0.3 is 0 Å². The molecule has 1 aromatic carbocycles. The average Bonchev–Trinajstić information content (AvgIpc) is 2.49. The lowest BCUT2D eigenvalue weighted by Crippen LogP contribution is -2.19. The van der Waals surface area contributed by atoms with Crippen molar-refractivity contribution in [1.82, 2.24) is 0 Å². The Morgan fingerprint density at radius 1 is 1.05 bits per heavy atom. The van der Waals surface area contributed by atoms with Crippen molar-refractivity contribution in [2.24, 2.45) is 5.92 Å². The Labute approximate surface area is 128 Å². The third-order valence-corrected chi connectivity index (χ3v) is 4.30. The van der Waals surface area contributed by atoms with E-state index in [-0.39, 0.29) is 5.92 Å². The molecule has 112 valence electrons. The molecule has 2 rings (SSSR count). The van der Waals surface area contributed by atoms with E-state index in [4.69, 9.17) is 0 Å². The molecule has 1 aliphatic carbocycles. The van der Waals surface area contributed by atoms with E-state index in [0.29, 0.717) is 5.78 Å². The highest BCUT2D eigenvalue weighted by molar-refractivity contribution is 6.01. The van der Waals surface area contributed by atoms with E-state index in [9.17, 15) is 4.79 Å². The Bertz CT molecular complexity index is 536. The van der Waals surface area contributed by atoms with Crippen LogP contribution in [-0.2, 0) is 4.79 Å². The van der Waals surface area contributed by atoms with Crippen molar-refractivity contribution in [2.75, 3.05) is 0 Å². The number of ketones is 1. The number of hydrogen-bond acceptors (Lipinski definition) is 1. The molecular weight excluding hydrogens is 256 g/mol. The minimum atomic E-state index is 0.242. The molecule has 21 heavy (non-hydrogen) atoms. The van der Waals surface area contributed by atoms with Gasteiger partial charge in [-0.1, -0.05) is 66.8 Å². The number of rotatable bonds is 4. The summed E-state index contributed by atoms with van der Waals surface area (Å²) < 4.78 is 0. The highest BCUT2D eigenvalue weighted by atomic mass is 16.1. The number of hydrogen-bond donors (Lipinski definition) is 0. The molecule has 0 spiro atoms. The van der Waals surface area contributed by atoms with Gasteiger partial charge in [-0.15, -0.1) is 0 Å². The van der Waals surface area contributed by atoms with Crippen LogP contribution in [0.1, 0.15) is 57.1 Å². The molecule has 0 bridgehead atoms. The predicted octanol–water partition coefficient (Wildman–Crippen LogP) is 5.49. The summed E-state index contributed by atoms with van der Waals surface area (Å²) in [6.45, 7) is 6.16. The third kappa shape index (κ3) is 4.42. The maximum atomic E-state index is 12.7. The van der Waals surface area contributed by atoms with E-state index < -0.39 is 0 Å². The summed E-state index contributed by atoms with van der Waals surface area (Å²) in [4.78, 5) is 12.7. The third-order valence-electron chi connectivity index (χ3n) is 4.30. The standard InChI is InChI=1S/C20H26O/c1-15(2)19(20(21)18-7-5-4-6-8-18)14-13-17-11-9-16(3)10-12-17/h9-14,18H,4-8H2,1-3H3/b14-13+. The van der Waals surface area contributed by atoms with Crippen molar-refractivity contribution in [3.63, 3.8) is 0 Å². The van der Waals surface area contributed by atoms with Crippen LogP contribution in [0.5, 0.6) is 0 Å². The molecule has 0 heterocycles. The lowest BCUT2D eigenvalue weighted by molar-refractivity contribution is -0.119. The summed E-state index contributed by atoms with van der Waals surface area (Å²) >= 11 is 0. The second-order valence-electron chi connectivity index (χ2n) is 6.36.